The third kappa shape index (κ3) is 7.92. The van der Waals surface area contributed by atoms with Gasteiger partial charge in [-0.15, -0.1) is 0 Å². The van der Waals surface area contributed by atoms with Crippen LogP contribution in [0.2, 0.25) is 0 Å². The van der Waals surface area contributed by atoms with Crippen LogP contribution in [0.15, 0.2) is 47.5 Å². The van der Waals surface area contributed by atoms with Crippen LogP contribution in [-0.4, -0.2) is 121 Å². The number of likely N-dealkylation sites (tertiary alicyclic amines) is 2. The number of hydrogen-bond donors (Lipinski definition) is 1. The Morgan fingerprint density at radius 2 is 1.49 bits per heavy atom. The molecule has 5 aliphatic rings. The SMILES string of the molecule is COc1cc(-c2cn(C)c(=O)c3cnc(N(C)C)cc23)cc(OC)c1CN1CCC(CN2CCC3(CC2)CC(Oc2cc4c(cc2F)C(=O)N(C2CCC(=O)NC2=O)C4=O)C3)CC1. The highest BCUT2D eigenvalue weighted by Crippen LogP contribution is 2.51. The summed E-state index contributed by atoms with van der Waals surface area (Å²) in [5.41, 5.74) is 2.73. The van der Waals surface area contributed by atoms with Gasteiger partial charge in [-0.2, -0.15) is 0 Å². The third-order valence-electron chi connectivity index (χ3n) is 14.1. The zero-order valence-electron chi connectivity index (χ0n) is 36.5. The van der Waals surface area contributed by atoms with Crippen molar-refractivity contribution in [3.63, 3.8) is 0 Å². The van der Waals surface area contributed by atoms with E-state index in [0.717, 1.165) is 122 Å². The van der Waals surface area contributed by atoms with E-state index in [1.165, 1.54) is 6.07 Å². The Morgan fingerprint density at radius 3 is 2.13 bits per heavy atom. The molecule has 4 amide bonds. The van der Waals surface area contributed by atoms with Gasteiger partial charge in [0.05, 0.1) is 42.4 Å². The molecule has 332 valence electrons. The first-order valence-corrected chi connectivity index (χ1v) is 21.8. The summed E-state index contributed by atoms with van der Waals surface area (Å²) in [7, 11) is 8.97. The van der Waals surface area contributed by atoms with Crippen LogP contribution < -0.4 is 30.0 Å². The van der Waals surface area contributed by atoms with Crippen LogP contribution in [0.4, 0.5) is 10.2 Å². The van der Waals surface area contributed by atoms with Crippen LogP contribution in [0.3, 0.4) is 0 Å². The van der Waals surface area contributed by atoms with E-state index in [9.17, 15) is 24.0 Å². The van der Waals surface area contributed by atoms with Crippen molar-refractivity contribution < 1.29 is 37.8 Å². The van der Waals surface area contributed by atoms with E-state index in [-0.39, 0.29) is 46.8 Å². The van der Waals surface area contributed by atoms with Gasteiger partial charge in [0.2, 0.25) is 11.8 Å². The first-order chi connectivity index (χ1) is 30.2. The number of amides is 4. The number of methoxy groups -OCH3 is 2. The molecule has 4 aliphatic heterocycles. The van der Waals surface area contributed by atoms with Crippen LogP contribution in [0.1, 0.15) is 77.6 Å². The largest absolute Gasteiger partial charge is 0.496 e. The number of ether oxygens (including phenoxy) is 3. The highest BCUT2D eigenvalue weighted by Gasteiger charge is 2.49. The average molecular weight is 864 g/mol. The molecule has 63 heavy (non-hydrogen) atoms. The molecule has 6 heterocycles. The Labute approximate surface area is 365 Å². The zero-order chi connectivity index (χ0) is 44.3. The smallest absolute Gasteiger partial charge is 0.262 e. The van der Waals surface area contributed by atoms with E-state index in [4.69, 9.17) is 14.2 Å². The van der Waals surface area contributed by atoms with E-state index in [2.05, 4.69) is 20.1 Å². The minimum atomic E-state index is -1.11. The van der Waals surface area contributed by atoms with Crippen molar-refractivity contribution in [1.82, 2.24) is 29.6 Å². The van der Waals surface area contributed by atoms with Gasteiger partial charge in [-0.25, -0.2) is 9.37 Å². The molecular weight excluding hydrogens is 810 g/mol. The molecule has 1 aliphatic carbocycles. The molecule has 1 unspecified atom stereocenters. The Bertz CT molecular complexity index is 2550. The van der Waals surface area contributed by atoms with E-state index in [0.29, 0.717) is 17.8 Å². The monoisotopic (exact) mass is 863 g/mol. The van der Waals surface area contributed by atoms with Crippen LogP contribution in [-0.2, 0) is 23.2 Å². The van der Waals surface area contributed by atoms with E-state index >= 15 is 4.39 Å². The molecule has 4 aromatic rings. The maximum Gasteiger partial charge on any atom is 0.262 e. The fraction of sp³-hybridized carbons (Fsp3) is 0.489. The van der Waals surface area contributed by atoms with Gasteiger partial charge in [0.1, 0.15) is 23.4 Å². The maximum atomic E-state index is 15.3. The summed E-state index contributed by atoms with van der Waals surface area (Å²) >= 11 is 0. The van der Waals surface area contributed by atoms with Gasteiger partial charge in [0.15, 0.2) is 11.6 Å². The number of nitrogens with one attached hydrogen (secondary N) is 1. The highest BCUT2D eigenvalue weighted by molar-refractivity contribution is 6.23. The number of carbonyl (C=O) groups excluding carboxylic acids is 4. The number of nitrogens with zero attached hydrogens (tertiary/aromatic N) is 6. The second-order valence-corrected chi connectivity index (χ2v) is 18.2. The van der Waals surface area contributed by atoms with Gasteiger partial charge >= 0.3 is 0 Å². The Hall–Kier alpha value is -5.87. The van der Waals surface area contributed by atoms with Gasteiger partial charge in [-0.3, -0.25) is 39.1 Å². The lowest BCUT2D eigenvalue weighted by Gasteiger charge is -2.52. The molecule has 16 heteroatoms. The lowest BCUT2D eigenvalue weighted by Crippen LogP contribution is -2.54. The number of fused-ring (bicyclic) bond motifs is 2. The van der Waals surface area contributed by atoms with Gasteiger partial charge < -0.3 is 28.6 Å². The molecule has 0 bridgehead atoms. The van der Waals surface area contributed by atoms with Crippen LogP contribution in [0.25, 0.3) is 21.9 Å². The molecule has 2 aromatic carbocycles. The second-order valence-electron chi connectivity index (χ2n) is 18.2. The molecular formula is C47H54FN7O8. The summed E-state index contributed by atoms with van der Waals surface area (Å²) in [6.07, 6.45) is 9.24. The minimum absolute atomic E-state index is 0.00757. The summed E-state index contributed by atoms with van der Waals surface area (Å²) < 4.78 is 34.9. The molecule has 3 saturated heterocycles. The van der Waals surface area contributed by atoms with Crippen LogP contribution in [0, 0.1) is 17.2 Å². The second kappa shape index (κ2) is 16.7. The Morgan fingerprint density at radius 1 is 0.825 bits per heavy atom. The molecule has 1 saturated carbocycles. The fourth-order valence-corrected chi connectivity index (χ4v) is 10.4. The van der Waals surface area contributed by atoms with Crippen molar-refractivity contribution in [3.8, 4) is 28.4 Å². The minimum Gasteiger partial charge on any atom is -0.496 e. The quantitative estimate of drug-likeness (QED) is 0.207. The molecule has 1 spiro atoms. The predicted octanol–water partition coefficient (Wildman–Crippen LogP) is 4.76. The summed E-state index contributed by atoms with van der Waals surface area (Å²) in [5.74, 6) is -0.544. The van der Waals surface area contributed by atoms with Gasteiger partial charge in [-0.05, 0) is 118 Å². The van der Waals surface area contributed by atoms with Crippen LogP contribution in [0.5, 0.6) is 17.2 Å². The highest BCUT2D eigenvalue weighted by atomic mass is 19.1. The number of benzene rings is 2. The number of imide groups is 2. The molecule has 2 aromatic heterocycles. The standard InChI is InChI=1S/C47H54FN7O8/c1-51(2)41-20-30-33(23-49-41)44(58)52(3)25-34(30)28-16-38(61-4)35(39(17-28)62-5)26-53-12-8-27(9-13-53)24-54-14-10-47(11-15-54)21-29(22-47)63-40-19-32-31(18-36(40)48)45(59)55(46(32)60)37-6-7-42(56)50-43(37)57/h16-20,23,25,27,29,37H,6-15,21-22,24,26H2,1-5H3,(H,50,56,57). The number of hydrogen-bond acceptors (Lipinski definition) is 12. The van der Waals surface area contributed by atoms with E-state index < -0.39 is 35.5 Å². The third-order valence-corrected chi connectivity index (χ3v) is 14.1. The van der Waals surface area contributed by atoms with Gasteiger partial charge in [0.25, 0.3) is 17.4 Å². The number of piperidine rings is 3. The predicted molar refractivity (Wildman–Crippen MR) is 233 cm³/mol. The first-order valence-electron chi connectivity index (χ1n) is 21.8. The summed E-state index contributed by atoms with van der Waals surface area (Å²) in [5, 5.41) is 3.54. The number of aryl methyl sites for hydroxylation is 1. The molecule has 9 rings (SSSR count). The maximum absolute atomic E-state index is 15.3. The first kappa shape index (κ1) is 42.4. The van der Waals surface area contributed by atoms with Crippen molar-refractivity contribution in [1.29, 1.82) is 0 Å². The normalized spacial score (nSPS) is 20.9. The lowest BCUT2D eigenvalue weighted by atomic mass is 9.61. The molecule has 4 fully saturated rings. The Balaban J connectivity index is 0.770. The van der Waals surface area contributed by atoms with Gasteiger partial charge in [0, 0.05) is 64.0 Å². The van der Waals surface area contributed by atoms with Crippen molar-refractivity contribution in [2.24, 2.45) is 18.4 Å². The summed E-state index contributed by atoms with van der Waals surface area (Å²) in [6, 6.07) is 7.22. The molecule has 15 nitrogen and oxygen atoms in total. The number of rotatable bonds is 11. The van der Waals surface area contributed by atoms with Crippen molar-refractivity contribution >= 4 is 40.2 Å². The van der Waals surface area contributed by atoms with E-state index in [1.54, 1.807) is 32.0 Å². The average Bonchev–Trinajstić information content (AvgIpc) is 3.49. The number of pyridine rings is 2. The number of halogens is 1. The van der Waals surface area contributed by atoms with Crippen molar-refractivity contribution in [2.75, 3.05) is 65.9 Å². The molecule has 0 radical (unpaired) electrons. The molecule has 1 N–H and O–H groups in total. The summed E-state index contributed by atoms with van der Waals surface area (Å²) in [6.45, 7) is 5.70. The van der Waals surface area contributed by atoms with Crippen LogP contribution >= 0.6 is 0 Å². The van der Waals surface area contributed by atoms with Gasteiger partial charge in [-0.1, -0.05) is 0 Å². The summed E-state index contributed by atoms with van der Waals surface area (Å²) in [4.78, 5) is 75.8. The van der Waals surface area contributed by atoms with E-state index in [1.807, 2.05) is 43.4 Å². The van der Waals surface area contributed by atoms with Crippen molar-refractivity contribution in [2.45, 2.75) is 70.1 Å². The zero-order valence-corrected chi connectivity index (χ0v) is 36.5. The topological polar surface area (TPSA) is 156 Å². The van der Waals surface area contributed by atoms with Crippen molar-refractivity contribution in [3.05, 3.63) is 75.6 Å². The lowest BCUT2D eigenvalue weighted by molar-refractivity contribution is -0.136. The fourth-order valence-electron chi connectivity index (χ4n) is 10.4. The number of carbonyl (C=O) groups is 4. The number of aromatic nitrogens is 2. The number of anilines is 1. The molecule has 1 atom stereocenters. The Kier molecular flexibility index (Phi) is 11.2.